The van der Waals surface area contributed by atoms with E-state index in [4.69, 9.17) is 4.42 Å². The number of hydrogen-bond acceptors (Lipinski definition) is 8. The molecule has 0 spiro atoms. The molecule has 1 aliphatic heterocycles. The lowest BCUT2D eigenvalue weighted by Crippen LogP contribution is -2.28. The monoisotopic (exact) mass is 470 g/mol. The van der Waals surface area contributed by atoms with E-state index in [-0.39, 0.29) is 34.4 Å². The minimum absolute atomic E-state index is 0.0853. The highest BCUT2D eigenvalue weighted by molar-refractivity contribution is 7.99. The van der Waals surface area contributed by atoms with Crippen LogP contribution in [0.15, 0.2) is 74.0 Å². The van der Waals surface area contributed by atoms with Gasteiger partial charge in [-0.15, -0.1) is 32.9 Å². The van der Waals surface area contributed by atoms with Gasteiger partial charge in [0.2, 0.25) is 0 Å². The number of carbonyl (C=O) groups excluding carboxylic acids is 1. The predicted molar refractivity (Wildman–Crippen MR) is 120 cm³/mol. The molecule has 0 aliphatic carbocycles. The van der Waals surface area contributed by atoms with Crippen molar-refractivity contribution in [3.63, 3.8) is 0 Å². The van der Waals surface area contributed by atoms with E-state index in [9.17, 15) is 9.18 Å². The molecule has 156 valence electrons. The van der Waals surface area contributed by atoms with Gasteiger partial charge in [-0.25, -0.2) is 9.40 Å². The van der Waals surface area contributed by atoms with E-state index in [0.29, 0.717) is 6.42 Å². The van der Waals surface area contributed by atoms with Gasteiger partial charge in [-0.1, -0.05) is 36.0 Å². The van der Waals surface area contributed by atoms with Crippen molar-refractivity contribution in [3.8, 4) is 11.5 Å². The first kappa shape index (κ1) is 20.1. The lowest BCUT2D eigenvalue weighted by Gasteiger charge is -2.20. The van der Waals surface area contributed by atoms with Crippen LogP contribution in [-0.2, 0) is 4.79 Å². The van der Waals surface area contributed by atoms with Crippen LogP contribution in [0.5, 0.6) is 0 Å². The fourth-order valence-electron chi connectivity index (χ4n) is 3.24. The molecule has 1 aliphatic rings. The Morgan fingerprint density at radius 2 is 1.97 bits per heavy atom. The Morgan fingerprint density at radius 1 is 1.13 bits per heavy atom. The second-order valence-corrected chi connectivity index (χ2v) is 9.49. The van der Waals surface area contributed by atoms with Crippen molar-refractivity contribution in [2.24, 2.45) is 5.10 Å². The molecule has 1 amide bonds. The normalized spacial score (nSPS) is 16.0. The van der Waals surface area contributed by atoms with Crippen LogP contribution in [0.25, 0.3) is 11.5 Å². The van der Waals surface area contributed by atoms with Gasteiger partial charge in [-0.3, -0.25) is 4.79 Å². The molecule has 0 N–H and O–H groups in total. The molecular formula is C21H15FN4O2S3. The molecule has 0 fully saturated rings. The van der Waals surface area contributed by atoms with E-state index in [1.807, 2.05) is 35.0 Å². The van der Waals surface area contributed by atoms with Crippen LogP contribution in [-0.4, -0.2) is 32.6 Å². The molecule has 0 saturated heterocycles. The van der Waals surface area contributed by atoms with E-state index in [2.05, 4.69) is 15.3 Å². The standard InChI is InChI=1S/C21H15FN4O2S3/c22-14-6-2-1-5-13(14)20-23-24-21(28-20)31-12-19(27)26-16(18-8-4-10-30-18)11-15(25-26)17-7-3-9-29-17/h1-10,16H,11-12H2. The molecule has 1 atom stereocenters. The number of thiophene rings is 2. The average Bonchev–Trinajstić information content (AvgIpc) is 3.57. The Morgan fingerprint density at radius 3 is 2.74 bits per heavy atom. The molecule has 0 bridgehead atoms. The summed E-state index contributed by atoms with van der Waals surface area (Å²) in [4.78, 5) is 15.2. The van der Waals surface area contributed by atoms with Gasteiger partial charge in [-0.2, -0.15) is 5.10 Å². The molecule has 3 aromatic heterocycles. The van der Waals surface area contributed by atoms with Gasteiger partial charge in [0.25, 0.3) is 17.0 Å². The van der Waals surface area contributed by atoms with E-state index in [1.165, 1.54) is 6.07 Å². The van der Waals surface area contributed by atoms with E-state index >= 15 is 0 Å². The highest BCUT2D eigenvalue weighted by atomic mass is 32.2. The number of aromatic nitrogens is 2. The zero-order valence-electron chi connectivity index (χ0n) is 16.0. The summed E-state index contributed by atoms with van der Waals surface area (Å²) >= 11 is 4.34. The summed E-state index contributed by atoms with van der Waals surface area (Å²) in [7, 11) is 0. The van der Waals surface area contributed by atoms with Crippen molar-refractivity contribution in [1.82, 2.24) is 15.2 Å². The minimum Gasteiger partial charge on any atom is -0.411 e. The summed E-state index contributed by atoms with van der Waals surface area (Å²) in [6.45, 7) is 0. The minimum atomic E-state index is -0.440. The maximum Gasteiger partial charge on any atom is 0.277 e. The quantitative estimate of drug-likeness (QED) is 0.350. The van der Waals surface area contributed by atoms with Crippen LogP contribution in [0.4, 0.5) is 4.39 Å². The van der Waals surface area contributed by atoms with Crippen LogP contribution in [0.3, 0.4) is 0 Å². The smallest absolute Gasteiger partial charge is 0.277 e. The molecule has 0 saturated carbocycles. The molecule has 4 heterocycles. The van der Waals surface area contributed by atoms with Crippen molar-refractivity contribution in [2.45, 2.75) is 17.7 Å². The third-order valence-corrected chi connectivity index (χ3v) is 7.37. The number of rotatable bonds is 6. The maximum atomic E-state index is 13.9. The van der Waals surface area contributed by atoms with Crippen LogP contribution in [0, 0.1) is 5.82 Å². The topological polar surface area (TPSA) is 71.6 Å². The SMILES string of the molecule is O=C(CSc1nnc(-c2ccccc2F)o1)N1N=C(c2cccs2)CC1c1cccs1. The van der Waals surface area contributed by atoms with Crippen LogP contribution in [0.2, 0.25) is 0 Å². The summed E-state index contributed by atoms with van der Waals surface area (Å²) in [5, 5.41) is 18.2. The van der Waals surface area contributed by atoms with Gasteiger partial charge in [-0.05, 0) is 35.0 Å². The molecule has 5 rings (SSSR count). The Bertz CT molecular complexity index is 1220. The Balaban J connectivity index is 1.31. The van der Waals surface area contributed by atoms with Crippen molar-refractivity contribution < 1.29 is 13.6 Å². The first-order valence-corrected chi connectivity index (χ1v) is 12.1. The summed E-state index contributed by atoms with van der Waals surface area (Å²) in [6, 6.07) is 14.1. The number of nitrogens with zero attached hydrogens (tertiary/aromatic N) is 4. The summed E-state index contributed by atoms with van der Waals surface area (Å²) in [5.74, 6) is -0.420. The molecule has 0 radical (unpaired) electrons. The first-order valence-electron chi connectivity index (χ1n) is 9.37. The zero-order chi connectivity index (χ0) is 21.2. The number of hydrogen-bond donors (Lipinski definition) is 0. The Labute approximate surface area is 189 Å². The van der Waals surface area contributed by atoms with Crippen molar-refractivity contribution in [1.29, 1.82) is 0 Å². The van der Waals surface area contributed by atoms with E-state index in [1.54, 1.807) is 45.9 Å². The van der Waals surface area contributed by atoms with E-state index < -0.39 is 5.82 Å². The van der Waals surface area contributed by atoms with Crippen molar-refractivity contribution >= 4 is 46.1 Å². The summed E-state index contributed by atoms with van der Waals surface area (Å²) in [5.41, 5.74) is 1.14. The summed E-state index contributed by atoms with van der Waals surface area (Å²) in [6.07, 6.45) is 0.676. The number of thioether (sulfide) groups is 1. The van der Waals surface area contributed by atoms with Crippen LogP contribution >= 0.6 is 34.4 Å². The summed E-state index contributed by atoms with van der Waals surface area (Å²) < 4.78 is 19.5. The predicted octanol–water partition coefficient (Wildman–Crippen LogP) is 5.47. The largest absolute Gasteiger partial charge is 0.411 e. The Hall–Kier alpha value is -2.82. The molecule has 1 aromatic carbocycles. The number of halogens is 1. The number of benzene rings is 1. The first-order chi connectivity index (χ1) is 15.2. The van der Waals surface area contributed by atoms with Gasteiger partial charge in [0.1, 0.15) is 5.82 Å². The van der Waals surface area contributed by atoms with Crippen molar-refractivity contribution in [2.75, 3.05) is 5.75 Å². The van der Waals surface area contributed by atoms with Crippen LogP contribution in [0.1, 0.15) is 22.2 Å². The molecule has 10 heteroatoms. The van der Waals surface area contributed by atoms with Gasteiger partial charge >= 0.3 is 0 Å². The number of carbonyl (C=O) groups is 1. The molecule has 6 nitrogen and oxygen atoms in total. The third kappa shape index (κ3) is 4.18. The second kappa shape index (κ2) is 8.74. The lowest BCUT2D eigenvalue weighted by atomic mass is 10.1. The highest BCUT2D eigenvalue weighted by Gasteiger charge is 2.34. The van der Waals surface area contributed by atoms with Gasteiger partial charge in [0, 0.05) is 11.3 Å². The fourth-order valence-corrected chi connectivity index (χ4v) is 5.38. The average molecular weight is 471 g/mol. The Kier molecular flexibility index (Phi) is 5.66. The molecule has 4 aromatic rings. The van der Waals surface area contributed by atoms with Gasteiger partial charge in [0.05, 0.1) is 27.9 Å². The van der Waals surface area contributed by atoms with Gasteiger partial charge < -0.3 is 4.42 Å². The number of hydrazone groups is 1. The van der Waals surface area contributed by atoms with E-state index in [0.717, 1.165) is 27.2 Å². The molecule has 1 unspecified atom stereocenters. The molecule has 31 heavy (non-hydrogen) atoms. The molecular weight excluding hydrogens is 455 g/mol. The van der Waals surface area contributed by atoms with Gasteiger partial charge in [0.15, 0.2) is 0 Å². The third-order valence-electron chi connectivity index (χ3n) is 4.67. The second-order valence-electron chi connectivity index (χ2n) is 6.64. The maximum absolute atomic E-state index is 13.9. The number of amides is 1. The van der Waals surface area contributed by atoms with Crippen molar-refractivity contribution in [3.05, 3.63) is 74.9 Å². The zero-order valence-corrected chi connectivity index (χ0v) is 18.4. The highest BCUT2D eigenvalue weighted by Crippen LogP contribution is 2.36. The fraction of sp³-hybridized carbons (Fsp3) is 0.143. The van der Waals surface area contributed by atoms with Crippen LogP contribution < -0.4 is 0 Å². The lowest BCUT2D eigenvalue weighted by molar-refractivity contribution is -0.130.